The zero-order chi connectivity index (χ0) is 45.1. The highest BCUT2D eigenvalue weighted by Gasteiger charge is 2.19. The van der Waals surface area contributed by atoms with Crippen LogP contribution in [-0.2, 0) is 28.6 Å². The summed E-state index contributed by atoms with van der Waals surface area (Å²) in [5.41, 5.74) is 0. The van der Waals surface area contributed by atoms with E-state index in [9.17, 15) is 14.4 Å². The molecule has 352 valence electrons. The van der Waals surface area contributed by atoms with Crippen LogP contribution in [0.15, 0.2) is 97.2 Å². The normalized spacial score (nSPS) is 12.9. The minimum atomic E-state index is -0.826. The van der Waals surface area contributed by atoms with Crippen LogP contribution in [0.25, 0.3) is 0 Å². The molecule has 0 aliphatic carbocycles. The van der Waals surface area contributed by atoms with Gasteiger partial charge in [-0.2, -0.15) is 0 Å². The number of unbranched alkanes of at least 4 members (excludes halogenated alkanes) is 17. The Morgan fingerprint density at radius 2 is 0.597 bits per heavy atom. The van der Waals surface area contributed by atoms with Gasteiger partial charge in [0, 0.05) is 19.3 Å². The van der Waals surface area contributed by atoms with Crippen LogP contribution < -0.4 is 0 Å². The highest BCUT2D eigenvalue weighted by molar-refractivity contribution is 5.71. The van der Waals surface area contributed by atoms with Crippen LogP contribution in [-0.4, -0.2) is 37.2 Å². The molecule has 0 N–H and O–H groups in total. The number of rotatable bonds is 44. The Balaban J connectivity index is 4.55. The Kier molecular flexibility index (Phi) is 47.0. The van der Waals surface area contributed by atoms with E-state index in [0.29, 0.717) is 19.3 Å². The van der Waals surface area contributed by atoms with Gasteiger partial charge >= 0.3 is 17.9 Å². The molecular formula is C56H92O6. The molecule has 0 aromatic heterocycles. The van der Waals surface area contributed by atoms with Gasteiger partial charge in [0.25, 0.3) is 0 Å². The number of hydrogen-bond acceptors (Lipinski definition) is 6. The van der Waals surface area contributed by atoms with Crippen LogP contribution in [0.4, 0.5) is 0 Å². The number of ether oxygens (including phenoxy) is 3. The van der Waals surface area contributed by atoms with Crippen molar-refractivity contribution in [1.82, 2.24) is 0 Å². The van der Waals surface area contributed by atoms with E-state index >= 15 is 0 Å². The lowest BCUT2D eigenvalue weighted by Gasteiger charge is -2.18. The fourth-order valence-corrected chi connectivity index (χ4v) is 6.48. The van der Waals surface area contributed by atoms with Gasteiger partial charge < -0.3 is 14.2 Å². The molecule has 6 heteroatoms. The third-order valence-corrected chi connectivity index (χ3v) is 10.3. The third-order valence-electron chi connectivity index (χ3n) is 10.3. The van der Waals surface area contributed by atoms with E-state index in [4.69, 9.17) is 14.2 Å². The zero-order valence-corrected chi connectivity index (χ0v) is 40.1. The molecule has 0 aliphatic rings. The van der Waals surface area contributed by atoms with Crippen molar-refractivity contribution in [1.29, 1.82) is 0 Å². The van der Waals surface area contributed by atoms with Gasteiger partial charge in [0.15, 0.2) is 6.10 Å². The number of allylic oxidation sites excluding steroid dienone is 16. The van der Waals surface area contributed by atoms with E-state index in [-0.39, 0.29) is 44.0 Å². The summed E-state index contributed by atoms with van der Waals surface area (Å²) in [5.74, 6) is -1.04. The Morgan fingerprint density at radius 3 is 0.968 bits per heavy atom. The maximum atomic E-state index is 12.8. The van der Waals surface area contributed by atoms with E-state index in [1.165, 1.54) is 96.3 Å². The molecule has 1 unspecified atom stereocenters. The summed E-state index contributed by atoms with van der Waals surface area (Å²) in [6.45, 7) is 6.46. The largest absolute Gasteiger partial charge is 0.462 e. The fraction of sp³-hybridized carbons (Fsp3) is 0.661. The van der Waals surface area contributed by atoms with E-state index in [2.05, 4.69) is 118 Å². The lowest BCUT2D eigenvalue weighted by Crippen LogP contribution is -2.30. The van der Waals surface area contributed by atoms with Crippen molar-refractivity contribution in [2.45, 2.75) is 226 Å². The predicted octanol–water partition coefficient (Wildman–Crippen LogP) is 16.6. The molecule has 0 heterocycles. The molecule has 0 aromatic rings. The summed E-state index contributed by atoms with van der Waals surface area (Å²) in [6.07, 6.45) is 65.4. The molecule has 0 bridgehead atoms. The Bertz CT molecular complexity index is 1260. The SMILES string of the molecule is CCCCC/C=C\C/C=C\C/C=C\C/C=C\CCCC(=O)OCC(COC(=O)CCCCCCCCCCCC)OC(=O)CCC/C=C\C/C=C\C/C=C\C/C=C\CCCCC. The first-order valence-corrected chi connectivity index (χ1v) is 25.2. The number of carbonyl (C=O) groups excluding carboxylic acids is 3. The fourth-order valence-electron chi connectivity index (χ4n) is 6.48. The average molecular weight is 861 g/mol. The standard InChI is InChI=1S/C56H92O6/c1-4-7-10-13-16-19-22-24-26-28-30-32-34-37-40-43-46-49-55(58)61-52-53(51-60-54(57)48-45-42-39-36-21-18-15-12-9-6-3)62-56(59)50-47-44-41-38-35-33-31-29-27-25-23-20-17-14-11-8-5-2/h16-17,19-20,24-27,30-33,37-38,40-41,53H,4-15,18,21-23,28-29,34-36,39,42-52H2,1-3H3/b19-16-,20-17-,26-24-,27-25-,32-30-,33-31-,40-37-,41-38-. The highest BCUT2D eigenvalue weighted by Crippen LogP contribution is 2.13. The molecule has 62 heavy (non-hydrogen) atoms. The lowest BCUT2D eigenvalue weighted by atomic mass is 10.1. The maximum absolute atomic E-state index is 12.8. The van der Waals surface area contributed by atoms with Crippen molar-refractivity contribution in [3.05, 3.63) is 97.2 Å². The Hall–Kier alpha value is -3.67. The molecule has 0 amide bonds. The minimum absolute atomic E-state index is 0.116. The maximum Gasteiger partial charge on any atom is 0.306 e. The van der Waals surface area contributed by atoms with Gasteiger partial charge in [-0.05, 0) is 96.3 Å². The summed E-state index contributed by atoms with van der Waals surface area (Å²) in [6, 6.07) is 0. The molecule has 0 aromatic carbocycles. The quantitative estimate of drug-likeness (QED) is 0.0263. The highest BCUT2D eigenvalue weighted by atomic mass is 16.6. The van der Waals surface area contributed by atoms with Crippen LogP contribution in [0.3, 0.4) is 0 Å². The average Bonchev–Trinajstić information content (AvgIpc) is 3.27. The first-order chi connectivity index (χ1) is 30.5. The smallest absolute Gasteiger partial charge is 0.306 e. The molecule has 0 saturated carbocycles. The lowest BCUT2D eigenvalue weighted by molar-refractivity contribution is -0.167. The van der Waals surface area contributed by atoms with Crippen molar-refractivity contribution in [2.75, 3.05) is 13.2 Å². The van der Waals surface area contributed by atoms with Gasteiger partial charge in [-0.15, -0.1) is 0 Å². The molecule has 0 rings (SSSR count). The zero-order valence-electron chi connectivity index (χ0n) is 40.1. The molecule has 0 spiro atoms. The number of esters is 3. The van der Waals surface area contributed by atoms with Crippen LogP contribution in [0, 0.1) is 0 Å². The van der Waals surface area contributed by atoms with Gasteiger partial charge in [0.05, 0.1) is 0 Å². The second-order valence-electron chi connectivity index (χ2n) is 16.4. The van der Waals surface area contributed by atoms with E-state index in [1.54, 1.807) is 0 Å². The molecule has 0 saturated heterocycles. The third kappa shape index (κ3) is 47.4. The minimum Gasteiger partial charge on any atom is -0.462 e. The summed E-state index contributed by atoms with van der Waals surface area (Å²) < 4.78 is 16.7. The topological polar surface area (TPSA) is 78.9 Å². The second-order valence-corrected chi connectivity index (χ2v) is 16.4. The van der Waals surface area contributed by atoms with E-state index < -0.39 is 6.10 Å². The first-order valence-electron chi connectivity index (χ1n) is 25.2. The Morgan fingerprint density at radius 1 is 0.323 bits per heavy atom. The molecule has 6 nitrogen and oxygen atoms in total. The van der Waals surface area contributed by atoms with Crippen molar-refractivity contribution in [3.63, 3.8) is 0 Å². The van der Waals surface area contributed by atoms with Crippen LogP contribution in [0.2, 0.25) is 0 Å². The van der Waals surface area contributed by atoms with Crippen molar-refractivity contribution in [3.8, 4) is 0 Å². The Labute approximate surface area is 381 Å². The van der Waals surface area contributed by atoms with Crippen molar-refractivity contribution >= 4 is 17.9 Å². The first kappa shape index (κ1) is 58.3. The van der Waals surface area contributed by atoms with E-state index in [1.807, 2.05) is 0 Å². The van der Waals surface area contributed by atoms with Crippen molar-refractivity contribution in [2.24, 2.45) is 0 Å². The van der Waals surface area contributed by atoms with Gasteiger partial charge in [0.2, 0.25) is 0 Å². The predicted molar refractivity (Wildman–Crippen MR) is 265 cm³/mol. The van der Waals surface area contributed by atoms with Crippen LogP contribution in [0.5, 0.6) is 0 Å². The van der Waals surface area contributed by atoms with Gasteiger partial charge in [-0.3, -0.25) is 14.4 Å². The van der Waals surface area contributed by atoms with Crippen molar-refractivity contribution < 1.29 is 28.6 Å². The number of carbonyl (C=O) groups is 3. The summed E-state index contributed by atoms with van der Waals surface area (Å²) >= 11 is 0. The second kappa shape index (κ2) is 50.0. The summed E-state index contributed by atoms with van der Waals surface area (Å²) in [4.78, 5) is 37.8. The molecule has 0 aliphatic heterocycles. The monoisotopic (exact) mass is 861 g/mol. The van der Waals surface area contributed by atoms with E-state index in [0.717, 1.165) is 70.6 Å². The number of hydrogen-bond donors (Lipinski definition) is 0. The van der Waals surface area contributed by atoms with Gasteiger partial charge in [0.1, 0.15) is 13.2 Å². The van der Waals surface area contributed by atoms with Gasteiger partial charge in [-0.25, -0.2) is 0 Å². The summed E-state index contributed by atoms with van der Waals surface area (Å²) in [7, 11) is 0. The molecule has 1 atom stereocenters. The summed E-state index contributed by atoms with van der Waals surface area (Å²) in [5, 5.41) is 0. The van der Waals surface area contributed by atoms with Gasteiger partial charge in [-0.1, -0.05) is 201 Å². The van der Waals surface area contributed by atoms with Crippen LogP contribution in [0.1, 0.15) is 220 Å². The van der Waals surface area contributed by atoms with Crippen LogP contribution >= 0.6 is 0 Å². The molecule has 0 fully saturated rings. The molecule has 0 radical (unpaired) electrons. The molecular weight excluding hydrogens is 769 g/mol.